The number of unbranched alkanes of at least 4 members (excludes halogenated alkanes) is 44. The molecule has 0 atom stereocenters. The summed E-state index contributed by atoms with van der Waals surface area (Å²) in [6.07, 6.45) is 75.5. The topological polar surface area (TPSA) is 51.6 Å². The second kappa shape index (κ2) is 43.4. The Balaban J connectivity index is 1.06. The minimum Gasteiger partial charge on any atom is -0.173 e. The van der Waals surface area contributed by atoms with Crippen molar-refractivity contribution in [3.8, 4) is 42.4 Å². The lowest BCUT2D eigenvalue weighted by molar-refractivity contribution is 0.393. The number of nitrogens with zero attached hydrogens (tertiary/aromatic N) is 4. The Labute approximate surface area is 640 Å². The first-order valence-electron chi connectivity index (χ1n) is 44.0. The molecule has 10 rings (SSSR count). The Morgan fingerprint density at radius 1 is 0.284 bits per heavy atom. The first-order chi connectivity index (χ1) is 50.3. The zero-order chi connectivity index (χ0) is 71.2. The molecule has 8 heteroatoms. The van der Waals surface area contributed by atoms with Gasteiger partial charge in [0.15, 0.2) is 0 Å². The van der Waals surface area contributed by atoms with Crippen LogP contribution in [0.2, 0.25) is 0 Å². The summed E-state index contributed by atoms with van der Waals surface area (Å²) >= 11 is 7.00. The van der Waals surface area contributed by atoms with Crippen molar-refractivity contribution in [2.45, 2.75) is 426 Å². The van der Waals surface area contributed by atoms with E-state index in [4.69, 9.17) is 17.5 Å². The van der Waals surface area contributed by atoms with Gasteiger partial charge in [-0.1, -0.05) is 374 Å². The molecule has 0 saturated heterocycles. The van der Waals surface area contributed by atoms with Crippen LogP contribution in [0.25, 0.3) is 70.1 Å². The Morgan fingerprint density at radius 3 is 0.961 bits per heavy atom. The first-order valence-corrected chi connectivity index (χ1v) is 47.1. The van der Waals surface area contributed by atoms with Crippen LogP contribution in [0, 0.1) is 13.8 Å². The fourth-order valence-electron chi connectivity index (χ4n) is 19.3. The molecule has 3 aliphatic carbocycles. The fourth-order valence-corrected chi connectivity index (χ4v) is 22.8. The van der Waals surface area contributed by atoms with Crippen LogP contribution in [0.5, 0.6) is 0 Å². The Morgan fingerprint density at radius 2 is 0.588 bits per heavy atom. The van der Waals surface area contributed by atoms with Crippen LogP contribution in [0.15, 0.2) is 42.0 Å². The summed E-state index contributed by atoms with van der Waals surface area (Å²) in [4.78, 5) is 5.80. The van der Waals surface area contributed by atoms with Gasteiger partial charge in [0.05, 0.1) is 33.2 Å². The number of hydrogen-bond donors (Lipinski definition) is 0. The molecule has 3 aliphatic rings. The van der Waals surface area contributed by atoms with Gasteiger partial charge in [0.1, 0.15) is 22.1 Å². The summed E-state index contributed by atoms with van der Waals surface area (Å²) in [7, 11) is 0. The number of thiophene rings is 2. The van der Waals surface area contributed by atoms with E-state index >= 15 is 0 Å². The van der Waals surface area contributed by atoms with Gasteiger partial charge < -0.3 is 0 Å². The zero-order valence-electron chi connectivity index (χ0n) is 66.5. The number of aromatic nitrogens is 4. The zero-order valence-corrected chi connectivity index (χ0v) is 69.7. The molecule has 4 aromatic heterocycles. The van der Waals surface area contributed by atoms with E-state index in [1.165, 1.54) is 458 Å². The van der Waals surface area contributed by atoms with Gasteiger partial charge in [-0.15, -0.1) is 22.7 Å². The molecule has 0 saturated carbocycles. The number of fused-ring (bicyclic) bond motifs is 13. The standard InChI is InChI=1S/C94H142N4S4/c1-9-15-19-23-27-31-35-39-43-47-51-55-61-93(62-56-52-48-44-40-36-32-28-24-20-16-10-2)79-68-75-80(67-74(79)85-81(93)65-71(7)87-89(85)97-101-95-87)94(63-57-53-49-45-41-37-33-29-25-21-17-11-3,64-58-54-50-46-42-38-34-30-26-22-18-12-4)82-69-76(88-90(86(75)82)98-102-96-88)83-70-78-84(73(59-13-5)60-14-6)77-66-72(8)99-91(77)92(78)100-83/h65-70H,9-64H2,1-8H3. The maximum absolute atomic E-state index is 5.62. The van der Waals surface area contributed by atoms with Crippen molar-refractivity contribution < 1.29 is 0 Å². The van der Waals surface area contributed by atoms with Crippen LogP contribution in [0.1, 0.15) is 445 Å². The fraction of sp³-hybridized carbons (Fsp3) is 0.702. The second-order valence-corrected chi connectivity index (χ2v) is 36.3. The van der Waals surface area contributed by atoms with Gasteiger partial charge in [0.2, 0.25) is 0 Å². The average molecular weight is 1460 g/mol. The van der Waals surface area contributed by atoms with E-state index in [2.05, 4.69) is 103 Å². The molecular formula is C94H142N4S4. The van der Waals surface area contributed by atoms with E-state index in [1.807, 2.05) is 11.3 Å². The van der Waals surface area contributed by atoms with Crippen LogP contribution in [0.3, 0.4) is 0 Å². The lowest BCUT2D eigenvalue weighted by atomic mass is 9.68. The lowest BCUT2D eigenvalue weighted by Crippen LogP contribution is -2.27. The van der Waals surface area contributed by atoms with Gasteiger partial charge in [-0.25, -0.2) is 0 Å². The maximum Gasteiger partial charge on any atom is 0.114 e. The normalized spacial score (nSPS) is 13.9. The first kappa shape index (κ1) is 81.0. The largest absolute Gasteiger partial charge is 0.173 e. The van der Waals surface area contributed by atoms with Crippen molar-refractivity contribution in [2.24, 2.45) is 0 Å². The SMILES string of the molecule is CCCCCCCCCCCCCCC1(CCCCCCCCCCCCCC)c2cc3c(cc2-c2c1cc(C)c1nsnc21)C(CCCCCCCCCCCCCC)(CCCCCCCCCCCCCC)c1cc(-c2cc4c(s2)-c2sc(C)cc2C4=C(CCC)CCC)c2nsnc2c1-3. The Bertz CT molecular complexity index is 3550. The van der Waals surface area contributed by atoms with Gasteiger partial charge in [-0.2, -0.15) is 17.5 Å². The molecule has 3 aromatic carbocycles. The van der Waals surface area contributed by atoms with E-state index in [-0.39, 0.29) is 10.8 Å². The van der Waals surface area contributed by atoms with Crippen molar-refractivity contribution in [1.29, 1.82) is 0 Å². The van der Waals surface area contributed by atoms with Crippen LogP contribution < -0.4 is 0 Å². The van der Waals surface area contributed by atoms with E-state index < -0.39 is 0 Å². The van der Waals surface area contributed by atoms with Crippen LogP contribution in [-0.4, -0.2) is 17.5 Å². The molecule has 0 unspecified atom stereocenters. The Hall–Kier alpha value is -3.56. The molecule has 0 aliphatic heterocycles. The molecule has 102 heavy (non-hydrogen) atoms. The summed E-state index contributed by atoms with van der Waals surface area (Å²) < 4.78 is 21.7. The summed E-state index contributed by atoms with van der Waals surface area (Å²) in [6, 6.07) is 16.3. The third-order valence-corrected chi connectivity index (χ3v) is 28.3. The Kier molecular flexibility index (Phi) is 34.5. The molecule has 0 N–H and O–H groups in total. The number of aryl methyl sites for hydroxylation is 2. The lowest BCUT2D eigenvalue weighted by Gasteiger charge is -2.35. The minimum absolute atomic E-state index is 0.0921. The molecule has 4 nitrogen and oxygen atoms in total. The average Bonchev–Trinajstić information content (AvgIpc) is 1.53. The second-order valence-electron chi connectivity index (χ2n) is 33.0. The highest BCUT2D eigenvalue weighted by atomic mass is 32.1. The molecule has 4 heterocycles. The summed E-state index contributed by atoms with van der Waals surface area (Å²) in [5.41, 5.74) is 25.4. The third-order valence-electron chi connectivity index (χ3n) is 24.9. The van der Waals surface area contributed by atoms with Crippen molar-refractivity contribution in [1.82, 2.24) is 17.5 Å². The van der Waals surface area contributed by atoms with Gasteiger partial charge in [0.25, 0.3) is 0 Å². The van der Waals surface area contributed by atoms with Gasteiger partial charge in [-0.05, 0) is 127 Å². The van der Waals surface area contributed by atoms with E-state index in [0.717, 1.165) is 11.0 Å². The van der Waals surface area contributed by atoms with E-state index in [9.17, 15) is 0 Å². The predicted molar refractivity (Wildman–Crippen MR) is 456 cm³/mol. The van der Waals surface area contributed by atoms with Crippen molar-refractivity contribution in [3.63, 3.8) is 0 Å². The highest BCUT2D eigenvalue weighted by Gasteiger charge is 2.50. The van der Waals surface area contributed by atoms with Gasteiger partial charge >= 0.3 is 0 Å². The molecule has 562 valence electrons. The summed E-state index contributed by atoms with van der Waals surface area (Å²) in [5, 5.41) is 0. The molecule has 0 bridgehead atoms. The number of allylic oxidation sites excluding steroid dienone is 1. The van der Waals surface area contributed by atoms with Gasteiger partial charge in [-0.3, -0.25) is 0 Å². The van der Waals surface area contributed by atoms with Crippen molar-refractivity contribution >= 4 is 73.8 Å². The monoisotopic (exact) mass is 1460 g/mol. The maximum atomic E-state index is 5.62. The quantitative estimate of drug-likeness (QED) is 0.0357. The molecular weight excluding hydrogens is 1310 g/mol. The molecule has 0 spiro atoms. The van der Waals surface area contributed by atoms with Crippen molar-refractivity contribution in [3.05, 3.63) is 85.8 Å². The number of rotatable bonds is 57. The van der Waals surface area contributed by atoms with Crippen LogP contribution >= 0.6 is 46.1 Å². The summed E-state index contributed by atoms with van der Waals surface area (Å²) in [5.74, 6) is 0. The molecule has 0 radical (unpaired) electrons. The smallest absolute Gasteiger partial charge is 0.114 e. The molecule has 7 aromatic rings. The molecule has 0 fully saturated rings. The van der Waals surface area contributed by atoms with Crippen molar-refractivity contribution in [2.75, 3.05) is 0 Å². The van der Waals surface area contributed by atoms with Gasteiger partial charge in [0, 0.05) is 48.4 Å². The predicted octanol–water partition coefficient (Wildman–Crippen LogP) is 33.4. The number of benzene rings is 3. The third kappa shape index (κ3) is 20.6. The number of hydrogen-bond acceptors (Lipinski definition) is 8. The van der Waals surface area contributed by atoms with Crippen LogP contribution in [-0.2, 0) is 10.8 Å². The van der Waals surface area contributed by atoms with E-state index in [0.29, 0.717) is 0 Å². The molecule has 0 amide bonds. The highest BCUT2D eigenvalue weighted by Crippen LogP contribution is 2.64. The minimum atomic E-state index is -0.150. The summed E-state index contributed by atoms with van der Waals surface area (Å²) in [6.45, 7) is 18.8. The van der Waals surface area contributed by atoms with E-state index in [1.54, 1.807) is 33.4 Å². The van der Waals surface area contributed by atoms with Crippen LogP contribution in [0.4, 0.5) is 0 Å². The highest BCUT2D eigenvalue weighted by molar-refractivity contribution is 7.24.